The highest BCUT2D eigenvalue weighted by atomic mass is 16.1. The minimum absolute atomic E-state index is 0.133. The first-order valence-electron chi connectivity index (χ1n) is 5.32. The minimum atomic E-state index is 0.133. The lowest BCUT2D eigenvalue weighted by molar-refractivity contribution is -0.121. The zero-order valence-corrected chi connectivity index (χ0v) is 9.66. The second-order valence-corrected chi connectivity index (χ2v) is 4.22. The molecule has 4 heteroatoms. The number of aryl methyl sites for hydroxylation is 1. The van der Waals surface area contributed by atoms with Crippen molar-refractivity contribution >= 4 is 5.91 Å². The smallest absolute Gasteiger partial charge is 0.220 e. The summed E-state index contributed by atoms with van der Waals surface area (Å²) in [6.07, 6.45) is 5.24. The fraction of sp³-hybridized carbons (Fsp3) is 0.636. The van der Waals surface area contributed by atoms with Gasteiger partial charge in [0.05, 0.1) is 6.20 Å². The summed E-state index contributed by atoms with van der Waals surface area (Å²) < 4.78 is 1.77. The lowest BCUT2D eigenvalue weighted by atomic mass is 10.1. The molecule has 0 fully saturated rings. The van der Waals surface area contributed by atoms with Gasteiger partial charge in [-0.05, 0) is 17.9 Å². The van der Waals surface area contributed by atoms with Crippen molar-refractivity contribution in [2.24, 2.45) is 13.0 Å². The van der Waals surface area contributed by atoms with Crippen LogP contribution in [0, 0.1) is 5.92 Å². The SMILES string of the molecule is CC(C)CC(=O)NCCc1cnn(C)c1. The van der Waals surface area contributed by atoms with Crippen LogP contribution in [0.4, 0.5) is 0 Å². The van der Waals surface area contributed by atoms with Crippen molar-refractivity contribution in [2.75, 3.05) is 6.54 Å². The van der Waals surface area contributed by atoms with Gasteiger partial charge in [0.15, 0.2) is 0 Å². The number of nitrogens with one attached hydrogen (secondary N) is 1. The molecule has 0 radical (unpaired) electrons. The third kappa shape index (κ3) is 4.63. The van der Waals surface area contributed by atoms with Gasteiger partial charge in [0.2, 0.25) is 5.91 Å². The van der Waals surface area contributed by atoms with Crippen molar-refractivity contribution in [3.8, 4) is 0 Å². The molecule has 84 valence electrons. The number of amides is 1. The fourth-order valence-corrected chi connectivity index (χ4v) is 1.39. The number of rotatable bonds is 5. The summed E-state index contributed by atoms with van der Waals surface area (Å²) >= 11 is 0. The van der Waals surface area contributed by atoms with Crippen molar-refractivity contribution in [1.29, 1.82) is 0 Å². The highest BCUT2D eigenvalue weighted by Crippen LogP contribution is 1.99. The monoisotopic (exact) mass is 209 g/mol. The van der Waals surface area contributed by atoms with E-state index in [0.29, 0.717) is 18.9 Å². The molecular weight excluding hydrogens is 190 g/mol. The van der Waals surface area contributed by atoms with E-state index in [2.05, 4.69) is 10.4 Å². The molecule has 0 spiro atoms. The Hall–Kier alpha value is -1.32. The minimum Gasteiger partial charge on any atom is -0.356 e. The van der Waals surface area contributed by atoms with Crippen molar-refractivity contribution in [2.45, 2.75) is 26.7 Å². The van der Waals surface area contributed by atoms with Gasteiger partial charge in [-0.25, -0.2) is 0 Å². The number of aromatic nitrogens is 2. The predicted molar refractivity (Wildman–Crippen MR) is 59.4 cm³/mol. The summed E-state index contributed by atoms with van der Waals surface area (Å²) in [6, 6.07) is 0. The molecule has 1 rings (SSSR count). The molecule has 0 saturated carbocycles. The van der Waals surface area contributed by atoms with Gasteiger partial charge in [0.25, 0.3) is 0 Å². The molecule has 15 heavy (non-hydrogen) atoms. The van der Waals surface area contributed by atoms with Crippen LogP contribution in [0.5, 0.6) is 0 Å². The van der Waals surface area contributed by atoms with Crippen LogP contribution >= 0.6 is 0 Å². The predicted octanol–water partition coefficient (Wildman–Crippen LogP) is 1.12. The van der Waals surface area contributed by atoms with E-state index >= 15 is 0 Å². The van der Waals surface area contributed by atoms with Crippen LogP contribution in [-0.2, 0) is 18.3 Å². The Morgan fingerprint density at radius 3 is 2.87 bits per heavy atom. The summed E-state index contributed by atoms with van der Waals surface area (Å²) in [4.78, 5) is 11.3. The van der Waals surface area contributed by atoms with E-state index in [-0.39, 0.29) is 5.91 Å². The topological polar surface area (TPSA) is 46.9 Å². The fourth-order valence-electron chi connectivity index (χ4n) is 1.39. The molecular formula is C11H19N3O. The Bertz CT molecular complexity index is 317. The molecule has 1 amide bonds. The molecule has 0 aliphatic rings. The molecule has 4 nitrogen and oxygen atoms in total. The molecule has 0 aliphatic carbocycles. The normalized spacial score (nSPS) is 10.7. The Balaban J connectivity index is 2.19. The van der Waals surface area contributed by atoms with Crippen LogP contribution in [0.25, 0.3) is 0 Å². The van der Waals surface area contributed by atoms with Gasteiger partial charge in [-0.3, -0.25) is 9.48 Å². The van der Waals surface area contributed by atoms with Crippen LogP contribution < -0.4 is 5.32 Å². The van der Waals surface area contributed by atoms with Crippen LogP contribution in [0.15, 0.2) is 12.4 Å². The molecule has 1 heterocycles. The summed E-state index contributed by atoms with van der Waals surface area (Å²) in [6.45, 7) is 4.78. The zero-order chi connectivity index (χ0) is 11.3. The van der Waals surface area contributed by atoms with Gasteiger partial charge < -0.3 is 5.32 Å². The van der Waals surface area contributed by atoms with Gasteiger partial charge >= 0.3 is 0 Å². The third-order valence-electron chi connectivity index (χ3n) is 2.09. The summed E-state index contributed by atoms with van der Waals surface area (Å²) in [5, 5.41) is 6.96. The highest BCUT2D eigenvalue weighted by Gasteiger charge is 2.03. The molecule has 1 aromatic heterocycles. The molecule has 0 bridgehead atoms. The van der Waals surface area contributed by atoms with E-state index in [1.165, 1.54) is 0 Å². The van der Waals surface area contributed by atoms with Gasteiger partial charge in [-0.1, -0.05) is 13.8 Å². The van der Waals surface area contributed by atoms with Crippen LogP contribution in [0.3, 0.4) is 0 Å². The molecule has 0 aliphatic heterocycles. The van der Waals surface area contributed by atoms with E-state index in [1.54, 1.807) is 4.68 Å². The summed E-state index contributed by atoms with van der Waals surface area (Å²) in [5.74, 6) is 0.553. The Morgan fingerprint density at radius 1 is 1.60 bits per heavy atom. The largest absolute Gasteiger partial charge is 0.356 e. The van der Waals surface area contributed by atoms with E-state index in [1.807, 2.05) is 33.3 Å². The maximum absolute atomic E-state index is 11.3. The van der Waals surface area contributed by atoms with E-state index in [0.717, 1.165) is 12.0 Å². The first-order valence-corrected chi connectivity index (χ1v) is 5.32. The molecule has 1 aromatic rings. The number of hydrogen-bond acceptors (Lipinski definition) is 2. The van der Waals surface area contributed by atoms with Crippen molar-refractivity contribution in [3.05, 3.63) is 18.0 Å². The van der Waals surface area contributed by atoms with Gasteiger partial charge in [0, 0.05) is 26.2 Å². The summed E-state index contributed by atoms with van der Waals surface area (Å²) in [7, 11) is 1.89. The van der Waals surface area contributed by atoms with Crippen molar-refractivity contribution in [1.82, 2.24) is 15.1 Å². The molecule has 0 unspecified atom stereocenters. The Labute approximate surface area is 90.7 Å². The van der Waals surface area contributed by atoms with Crippen LogP contribution in [-0.4, -0.2) is 22.2 Å². The van der Waals surface area contributed by atoms with Crippen molar-refractivity contribution < 1.29 is 4.79 Å². The van der Waals surface area contributed by atoms with E-state index in [9.17, 15) is 4.79 Å². The number of hydrogen-bond donors (Lipinski definition) is 1. The van der Waals surface area contributed by atoms with Gasteiger partial charge in [-0.15, -0.1) is 0 Å². The third-order valence-corrected chi connectivity index (χ3v) is 2.09. The number of carbonyl (C=O) groups excluding carboxylic acids is 1. The first-order chi connectivity index (χ1) is 7.08. The average molecular weight is 209 g/mol. The maximum atomic E-state index is 11.3. The molecule has 0 atom stereocenters. The molecule has 1 N–H and O–H groups in total. The quantitative estimate of drug-likeness (QED) is 0.790. The highest BCUT2D eigenvalue weighted by molar-refractivity contribution is 5.76. The number of nitrogens with zero attached hydrogens (tertiary/aromatic N) is 2. The second kappa shape index (κ2) is 5.53. The number of carbonyl (C=O) groups is 1. The zero-order valence-electron chi connectivity index (χ0n) is 9.66. The lowest BCUT2D eigenvalue weighted by Gasteiger charge is -2.05. The second-order valence-electron chi connectivity index (χ2n) is 4.22. The van der Waals surface area contributed by atoms with Gasteiger partial charge in [0.1, 0.15) is 0 Å². The van der Waals surface area contributed by atoms with Crippen LogP contribution in [0.2, 0.25) is 0 Å². The standard InChI is InChI=1S/C11H19N3O/c1-9(2)6-11(15)12-5-4-10-7-13-14(3)8-10/h7-9H,4-6H2,1-3H3,(H,12,15). The summed E-state index contributed by atoms with van der Waals surface area (Å²) in [5.41, 5.74) is 1.15. The first kappa shape index (κ1) is 11.8. The van der Waals surface area contributed by atoms with Crippen molar-refractivity contribution in [3.63, 3.8) is 0 Å². The van der Waals surface area contributed by atoms with E-state index in [4.69, 9.17) is 0 Å². The van der Waals surface area contributed by atoms with Gasteiger partial charge in [-0.2, -0.15) is 5.10 Å². The van der Waals surface area contributed by atoms with E-state index < -0.39 is 0 Å². The van der Waals surface area contributed by atoms with Crippen LogP contribution in [0.1, 0.15) is 25.8 Å². The Morgan fingerprint density at radius 2 is 2.33 bits per heavy atom. The lowest BCUT2D eigenvalue weighted by Crippen LogP contribution is -2.26. The average Bonchev–Trinajstić information content (AvgIpc) is 2.50. The maximum Gasteiger partial charge on any atom is 0.220 e. The Kier molecular flexibility index (Phi) is 4.34. The molecule has 0 aromatic carbocycles. The molecule has 0 saturated heterocycles.